The number of rotatable bonds is 6. The highest BCUT2D eigenvalue weighted by Crippen LogP contribution is 2.30. The van der Waals surface area contributed by atoms with Crippen molar-refractivity contribution in [2.45, 2.75) is 17.6 Å². The highest BCUT2D eigenvalue weighted by atomic mass is 35.5. The van der Waals surface area contributed by atoms with Crippen LogP contribution in [-0.2, 0) is 14.6 Å². The number of halogens is 1. The molecule has 7 heteroatoms. The molecule has 0 aliphatic carbocycles. The van der Waals surface area contributed by atoms with Crippen LogP contribution in [0.2, 0.25) is 0 Å². The van der Waals surface area contributed by atoms with Gasteiger partial charge in [0.05, 0.1) is 0 Å². The molecular weight excluding hydrogens is 300 g/mol. The maximum atomic E-state index is 12.7. The fourth-order valence-electron chi connectivity index (χ4n) is 2.41. The third kappa shape index (κ3) is 3.84. The van der Waals surface area contributed by atoms with Crippen molar-refractivity contribution in [3.63, 3.8) is 0 Å². The number of carbonyl (C=O) groups is 1. The molecule has 116 valence electrons. The molecule has 0 aromatic rings. The van der Waals surface area contributed by atoms with Crippen molar-refractivity contribution in [3.8, 4) is 0 Å². The fourth-order valence-corrected chi connectivity index (χ4v) is 3.81. The summed E-state index contributed by atoms with van der Waals surface area (Å²) in [6.45, 7) is 8.94. The molecule has 1 heterocycles. The molecule has 0 radical (unpaired) electrons. The Kier molecular flexibility index (Phi) is 7.47. The Morgan fingerprint density at radius 3 is 2.05 bits per heavy atom. The van der Waals surface area contributed by atoms with Crippen LogP contribution in [-0.4, -0.2) is 56.4 Å². The Bertz CT molecular complexity index is 446. The smallest absolute Gasteiger partial charge is 0.244 e. The highest BCUT2D eigenvalue weighted by molar-refractivity contribution is 7.92. The first kappa shape index (κ1) is 19.1. The maximum Gasteiger partial charge on any atom is 0.244 e. The van der Waals surface area contributed by atoms with E-state index in [1.54, 1.807) is 12.2 Å². The summed E-state index contributed by atoms with van der Waals surface area (Å²) in [5.74, 6) is -0.337. The van der Waals surface area contributed by atoms with Gasteiger partial charge in [-0.1, -0.05) is 12.2 Å². The van der Waals surface area contributed by atoms with Gasteiger partial charge in [-0.25, -0.2) is 8.42 Å². The normalized spacial score (nSPS) is 17.6. The second-order valence-electron chi connectivity index (χ2n) is 4.80. The summed E-state index contributed by atoms with van der Waals surface area (Å²) < 4.78 is 23.0. The lowest BCUT2D eigenvalue weighted by Gasteiger charge is -2.38. The van der Waals surface area contributed by atoms with Gasteiger partial charge < -0.3 is 10.2 Å². The molecule has 5 nitrogen and oxygen atoms in total. The molecule has 20 heavy (non-hydrogen) atoms. The van der Waals surface area contributed by atoms with Gasteiger partial charge in [-0.3, -0.25) is 4.79 Å². The van der Waals surface area contributed by atoms with Crippen molar-refractivity contribution in [2.24, 2.45) is 0 Å². The van der Waals surface area contributed by atoms with Crippen LogP contribution in [0.25, 0.3) is 0 Å². The summed E-state index contributed by atoms with van der Waals surface area (Å²) in [7, 11) is -3.47. The van der Waals surface area contributed by atoms with Crippen LogP contribution in [0, 0.1) is 0 Å². The Morgan fingerprint density at radius 1 is 1.25 bits per heavy atom. The summed E-state index contributed by atoms with van der Waals surface area (Å²) in [6.07, 6.45) is 4.97. The average Bonchev–Trinajstić information content (AvgIpc) is 2.37. The summed E-state index contributed by atoms with van der Waals surface area (Å²) in [5, 5.41) is 3.09. The van der Waals surface area contributed by atoms with E-state index in [1.807, 2.05) is 0 Å². The Labute approximate surface area is 127 Å². The average molecular weight is 323 g/mol. The first-order chi connectivity index (χ1) is 8.89. The fraction of sp³-hybridized carbons (Fsp3) is 0.615. The number of carbonyl (C=O) groups excluding carboxylic acids is 1. The van der Waals surface area contributed by atoms with E-state index < -0.39 is 14.6 Å². The van der Waals surface area contributed by atoms with Crippen molar-refractivity contribution in [1.29, 1.82) is 0 Å². The number of nitrogens with one attached hydrogen (secondary N) is 1. The zero-order valence-electron chi connectivity index (χ0n) is 11.8. The van der Waals surface area contributed by atoms with Crippen LogP contribution in [0.15, 0.2) is 25.3 Å². The molecule has 0 saturated carbocycles. The highest BCUT2D eigenvalue weighted by Gasteiger charge is 2.50. The second kappa shape index (κ2) is 7.81. The zero-order valence-corrected chi connectivity index (χ0v) is 13.4. The predicted molar refractivity (Wildman–Crippen MR) is 83.9 cm³/mol. The van der Waals surface area contributed by atoms with Gasteiger partial charge in [0.25, 0.3) is 0 Å². The number of hydrogen-bond donors (Lipinski definition) is 1. The first-order valence-corrected chi connectivity index (χ1v) is 8.19. The predicted octanol–water partition coefficient (Wildman–Crippen LogP) is 0.776. The summed E-state index contributed by atoms with van der Waals surface area (Å²) in [6, 6.07) is 0. The number of nitrogens with zero attached hydrogens (tertiary/aromatic N) is 1. The summed E-state index contributed by atoms with van der Waals surface area (Å²) in [5.41, 5.74) is 0. The molecule has 1 fully saturated rings. The molecule has 0 unspecified atom stereocenters. The van der Waals surface area contributed by atoms with Crippen LogP contribution in [0.3, 0.4) is 0 Å². The molecular formula is C13H23ClN2O3S. The first-order valence-electron chi connectivity index (χ1n) is 6.30. The largest absolute Gasteiger partial charge is 0.334 e. The molecule has 1 aliphatic heterocycles. The molecule has 1 N–H and O–H groups in total. The van der Waals surface area contributed by atoms with Crippen molar-refractivity contribution in [3.05, 3.63) is 25.3 Å². The molecule has 1 saturated heterocycles. The zero-order chi connectivity index (χ0) is 14.5. The molecule has 0 aromatic carbocycles. The summed E-state index contributed by atoms with van der Waals surface area (Å²) >= 11 is 0. The second-order valence-corrected chi connectivity index (χ2v) is 7.13. The van der Waals surface area contributed by atoms with Crippen LogP contribution >= 0.6 is 12.4 Å². The molecule has 0 bridgehead atoms. The van der Waals surface area contributed by atoms with Crippen molar-refractivity contribution in [1.82, 2.24) is 10.2 Å². The standard InChI is InChI=1S/C13H22N2O3S.ClH/c1-4-10-15(11-5-2)12(16)13(19(3,17)18)6-8-14-9-7-13;/h4-5,14H,1-2,6-11H2,3H3;1H. The van der Waals surface area contributed by atoms with E-state index in [4.69, 9.17) is 0 Å². The molecule has 1 amide bonds. The van der Waals surface area contributed by atoms with E-state index in [9.17, 15) is 13.2 Å². The Hall–Kier alpha value is -0.850. The molecule has 1 aliphatic rings. The number of sulfone groups is 1. The number of amides is 1. The van der Waals surface area contributed by atoms with E-state index >= 15 is 0 Å². The van der Waals surface area contributed by atoms with Crippen LogP contribution in [0.1, 0.15) is 12.8 Å². The minimum absolute atomic E-state index is 0. The van der Waals surface area contributed by atoms with Gasteiger partial charge in [-0.05, 0) is 25.9 Å². The molecule has 1 rings (SSSR count). The van der Waals surface area contributed by atoms with Gasteiger partial charge in [0, 0.05) is 19.3 Å². The Balaban J connectivity index is 0.00000361. The van der Waals surface area contributed by atoms with Crippen molar-refractivity contribution >= 4 is 28.2 Å². The maximum absolute atomic E-state index is 12.7. The van der Waals surface area contributed by atoms with Crippen molar-refractivity contribution < 1.29 is 13.2 Å². The molecule has 0 aromatic heterocycles. The van der Waals surface area contributed by atoms with Gasteiger partial charge in [-0.15, -0.1) is 25.6 Å². The van der Waals surface area contributed by atoms with E-state index in [1.165, 1.54) is 4.90 Å². The number of piperidine rings is 1. The quantitative estimate of drug-likeness (QED) is 0.734. The SMILES string of the molecule is C=CCN(CC=C)C(=O)C1(S(C)(=O)=O)CCNCC1.Cl. The van der Waals surface area contributed by atoms with Gasteiger partial charge in [0.15, 0.2) is 14.6 Å². The minimum atomic E-state index is -3.47. The number of hydrogen-bond acceptors (Lipinski definition) is 4. The van der Waals surface area contributed by atoms with Gasteiger partial charge in [0.1, 0.15) is 0 Å². The van der Waals surface area contributed by atoms with Crippen molar-refractivity contribution in [2.75, 3.05) is 32.4 Å². The minimum Gasteiger partial charge on any atom is -0.334 e. The lowest BCUT2D eigenvalue weighted by molar-refractivity contribution is -0.133. The molecule has 0 atom stereocenters. The third-order valence-electron chi connectivity index (χ3n) is 3.50. The van der Waals surface area contributed by atoms with Gasteiger partial charge in [0.2, 0.25) is 5.91 Å². The van der Waals surface area contributed by atoms with E-state index in [0.29, 0.717) is 39.0 Å². The lowest BCUT2D eigenvalue weighted by atomic mass is 9.95. The van der Waals surface area contributed by atoms with Crippen LogP contribution in [0.4, 0.5) is 0 Å². The van der Waals surface area contributed by atoms with Crippen LogP contribution in [0.5, 0.6) is 0 Å². The monoisotopic (exact) mass is 322 g/mol. The van der Waals surface area contributed by atoms with Gasteiger partial charge >= 0.3 is 0 Å². The summed E-state index contributed by atoms with van der Waals surface area (Å²) in [4.78, 5) is 14.2. The topological polar surface area (TPSA) is 66.5 Å². The lowest BCUT2D eigenvalue weighted by Crippen LogP contribution is -2.58. The van der Waals surface area contributed by atoms with Gasteiger partial charge in [-0.2, -0.15) is 0 Å². The molecule has 0 spiro atoms. The van der Waals surface area contributed by atoms with E-state index in [0.717, 1.165) is 6.26 Å². The Morgan fingerprint density at radius 2 is 1.70 bits per heavy atom. The van der Waals surface area contributed by atoms with E-state index in [2.05, 4.69) is 18.5 Å². The van der Waals surface area contributed by atoms with E-state index in [-0.39, 0.29) is 18.3 Å². The van der Waals surface area contributed by atoms with Crippen LogP contribution < -0.4 is 5.32 Å². The third-order valence-corrected chi connectivity index (χ3v) is 5.50.